The highest BCUT2D eigenvalue weighted by Crippen LogP contribution is 2.30. The van der Waals surface area contributed by atoms with Crippen molar-refractivity contribution in [2.45, 2.75) is 6.92 Å². The lowest BCUT2D eigenvalue weighted by atomic mass is 10.2. The van der Waals surface area contributed by atoms with Gasteiger partial charge in [-0.05, 0) is 48.0 Å². The number of allylic oxidation sites excluding steroid dienone is 2. The molecule has 0 unspecified atom stereocenters. The van der Waals surface area contributed by atoms with Crippen molar-refractivity contribution in [2.75, 3.05) is 0 Å². The second-order valence-corrected chi connectivity index (χ2v) is 6.60. The third-order valence-electron chi connectivity index (χ3n) is 3.45. The Kier molecular flexibility index (Phi) is 5.18. The number of hydrogen-bond donors (Lipinski definition) is 1. The van der Waals surface area contributed by atoms with Crippen molar-refractivity contribution >= 4 is 46.2 Å². The van der Waals surface area contributed by atoms with E-state index in [2.05, 4.69) is 10.3 Å². The molecule has 5 heteroatoms. The molecule has 1 aliphatic heterocycles. The fraction of sp³-hybridized carbons (Fsp3) is 0.0526. The number of carbonyl (C=O) groups excluding carboxylic acids is 1. The molecule has 0 atom stereocenters. The minimum atomic E-state index is -0.142. The van der Waals surface area contributed by atoms with Crippen molar-refractivity contribution in [3.63, 3.8) is 0 Å². The van der Waals surface area contributed by atoms with Crippen LogP contribution in [0.4, 0.5) is 5.69 Å². The molecular weight excluding hydrogens is 340 g/mol. The molecule has 120 valence electrons. The standard InChI is InChI=1S/C19H15ClN2OS/c1-13-15(20)10-6-11-16(13)21-19-22-18(23)17(24-19)12-5-9-14-7-3-2-4-8-14/h2-12H,1H3,(H,21,22,23)/b9-5+,17-12-. The number of amides is 1. The molecule has 24 heavy (non-hydrogen) atoms. The van der Waals surface area contributed by atoms with Gasteiger partial charge >= 0.3 is 0 Å². The Morgan fingerprint density at radius 3 is 2.71 bits per heavy atom. The monoisotopic (exact) mass is 354 g/mol. The lowest BCUT2D eigenvalue weighted by molar-refractivity contribution is -0.115. The summed E-state index contributed by atoms with van der Waals surface area (Å²) in [6.45, 7) is 1.91. The van der Waals surface area contributed by atoms with Crippen LogP contribution in [-0.2, 0) is 4.79 Å². The molecule has 3 nitrogen and oxygen atoms in total. The van der Waals surface area contributed by atoms with E-state index in [0.717, 1.165) is 16.8 Å². The summed E-state index contributed by atoms with van der Waals surface area (Å²) in [6, 6.07) is 15.5. The lowest BCUT2D eigenvalue weighted by Crippen LogP contribution is -2.19. The molecule has 0 spiro atoms. The number of thioether (sulfide) groups is 1. The number of carbonyl (C=O) groups is 1. The summed E-state index contributed by atoms with van der Waals surface area (Å²) in [7, 11) is 0. The van der Waals surface area contributed by atoms with E-state index in [9.17, 15) is 4.79 Å². The highest BCUT2D eigenvalue weighted by Gasteiger charge is 2.23. The van der Waals surface area contributed by atoms with Crippen LogP contribution >= 0.6 is 23.4 Å². The van der Waals surface area contributed by atoms with Crippen molar-refractivity contribution in [3.05, 3.63) is 81.7 Å². The second-order valence-electron chi connectivity index (χ2n) is 5.16. The zero-order chi connectivity index (χ0) is 16.9. The fourth-order valence-corrected chi connectivity index (χ4v) is 3.09. The van der Waals surface area contributed by atoms with Crippen molar-refractivity contribution in [1.82, 2.24) is 5.32 Å². The van der Waals surface area contributed by atoms with Crippen molar-refractivity contribution in [1.29, 1.82) is 0 Å². The van der Waals surface area contributed by atoms with E-state index in [4.69, 9.17) is 11.6 Å². The van der Waals surface area contributed by atoms with Crippen LogP contribution < -0.4 is 5.32 Å². The van der Waals surface area contributed by atoms with Crippen LogP contribution in [-0.4, -0.2) is 11.1 Å². The molecule has 2 aromatic rings. The molecule has 1 aliphatic rings. The third-order valence-corrected chi connectivity index (χ3v) is 4.79. The van der Waals surface area contributed by atoms with Crippen LogP contribution in [0.5, 0.6) is 0 Å². The van der Waals surface area contributed by atoms with E-state index < -0.39 is 0 Å². The quantitative estimate of drug-likeness (QED) is 0.779. The van der Waals surface area contributed by atoms with Gasteiger partial charge in [0.25, 0.3) is 5.91 Å². The SMILES string of the molecule is Cc1c(Cl)cccc1N=C1NC(=O)/C(=C/C=C/c2ccccc2)S1. The molecule has 0 aromatic heterocycles. The summed E-state index contributed by atoms with van der Waals surface area (Å²) in [4.78, 5) is 17.1. The maximum atomic E-state index is 12.0. The molecule has 1 heterocycles. The van der Waals surface area contributed by atoms with Gasteiger partial charge in [0.05, 0.1) is 10.6 Å². The minimum absolute atomic E-state index is 0.142. The van der Waals surface area contributed by atoms with Crippen LogP contribution in [0.2, 0.25) is 5.02 Å². The van der Waals surface area contributed by atoms with Crippen LogP contribution in [0.3, 0.4) is 0 Å². The number of halogens is 1. The Labute approximate surface area is 150 Å². The first kappa shape index (κ1) is 16.6. The van der Waals surface area contributed by atoms with Gasteiger partial charge in [0.1, 0.15) is 0 Å². The molecule has 0 aliphatic carbocycles. The van der Waals surface area contributed by atoms with Crippen LogP contribution in [0.1, 0.15) is 11.1 Å². The first-order chi connectivity index (χ1) is 11.6. The molecule has 0 bridgehead atoms. The lowest BCUT2D eigenvalue weighted by Gasteiger charge is -2.02. The van der Waals surface area contributed by atoms with Gasteiger partial charge in [0, 0.05) is 5.02 Å². The third kappa shape index (κ3) is 3.96. The number of hydrogen-bond acceptors (Lipinski definition) is 3. The number of nitrogens with one attached hydrogen (secondary N) is 1. The van der Waals surface area contributed by atoms with Crippen LogP contribution in [0, 0.1) is 6.92 Å². The maximum absolute atomic E-state index is 12.0. The van der Waals surface area contributed by atoms with Gasteiger partial charge in [-0.2, -0.15) is 0 Å². The van der Waals surface area contributed by atoms with E-state index in [-0.39, 0.29) is 5.91 Å². The van der Waals surface area contributed by atoms with E-state index in [1.165, 1.54) is 11.8 Å². The topological polar surface area (TPSA) is 41.5 Å². The summed E-state index contributed by atoms with van der Waals surface area (Å²) < 4.78 is 0. The Morgan fingerprint density at radius 1 is 1.12 bits per heavy atom. The van der Waals surface area contributed by atoms with E-state index >= 15 is 0 Å². The van der Waals surface area contributed by atoms with Gasteiger partial charge in [-0.15, -0.1) is 0 Å². The van der Waals surface area contributed by atoms with Gasteiger partial charge in [0.2, 0.25) is 0 Å². The number of aliphatic imine (C=N–C) groups is 1. The van der Waals surface area contributed by atoms with Gasteiger partial charge in [0.15, 0.2) is 5.17 Å². The highest BCUT2D eigenvalue weighted by molar-refractivity contribution is 8.18. The van der Waals surface area contributed by atoms with Crippen molar-refractivity contribution in [2.24, 2.45) is 4.99 Å². The Bertz CT molecular complexity index is 857. The summed E-state index contributed by atoms with van der Waals surface area (Å²) in [5, 5.41) is 4.00. The maximum Gasteiger partial charge on any atom is 0.264 e. The zero-order valence-corrected chi connectivity index (χ0v) is 14.6. The second kappa shape index (κ2) is 7.51. The summed E-state index contributed by atoms with van der Waals surface area (Å²) >= 11 is 7.42. The average molecular weight is 355 g/mol. The molecule has 1 N–H and O–H groups in total. The van der Waals surface area contributed by atoms with Crippen molar-refractivity contribution < 1.29 is 4.79 Å². The molecule has 1 fully saturated rings. The van der Waals surface area contributed by atoms with Gasteiger partial charge < -0.3 is 5.32 Å². The normalized spacial score (nSPS) is 17.8. The van der Waals surface area contributed by atoms with Crippen LogP contribution in [0.25, 0.3) is 6.08 Å². The number of rotatable bonds is 3. The molecule has 1 amide bonds. The minimum Gasteiger partial charge on any atom is -0.300 e. The summed E-state index contributed by atoms with van der Waals surface area (Å²) in [5.74, 6) is -0.142. The smallest absolute Gasteiger partial charge is 0.264 e. The Hall–Kier alpha value is -2.30. The molecule has 2 aromatic carbocycles. The van der Waals surface area contributed by atoms with Gasteiger partial charge in [-0.3, -0.25) is 4.79 Å². The van der Waals surface area contributed by atoms with E-state index in [1.807, 2.05) is 67.6 Å². The molecular formula is C19H15ClN2OS. The van der Waals surface area contributed by atoms with Gasteiger partial charge in [-0.1, -0.05) is 60.2 Å². The number of benzene rings is 2. The number of nitrogens with zero attached hydrogens (tertiary/aromatic N) is 1. The summed E-state index contributed by atoms with van der Waals surface area (Å²) in [5.41, 5.74) is 2.73. The molecule has 1 saturated heterocycles. The number of amidine groups is 1. The molecule has 0 radical (unpaired) electrons. The Balaban J connectivity index is 1.76. The zero-order valence-electron chi connectivity index (χ0n) is 13.0. The fourth-order valence-electron chi connectivity index (χ4n) is 2.13. The van der Waals surface area contributed by atoms with E-state index in [0.29, 0.717) is 15.1 Å². The van der Waals surface area contributed by atoms with Gasteiger partial charge in [-0.25, -0.2) is 4.99 Å². The van der Waals surface area contributed by atoms with E-state index in [1.54, 1.807) is 6.08 Å². The predicted molar refractivity (Wildman–Crippen MR) is 103 cm³/mol. The summed E-state index contributed by atoms with van der Waals surface area (Å²) in [6.07, 6.45) is 5.61. The molecule has 0 saturated carbocycles. The van der Waals surface area contributed by atoms with Crippen molar-refractivity contribution in [3.8, 4) is 0 Å². The first-order valence-corrected chi connectivity index (χ1v) is 8.59. The highest BCUT2D eigenvalue weighted by atomic mass is 35.5. The average Bonchev–Trinajstić information content (AvgIpc) is 2.93. The van der Waals surface area contributed by atoms with Crippen LogP contribution in [0.15, 0.2) is 70.6 Å². The Morgan fingerprint density at radius 2 is 1.92 bits per heavy atom. The first-order valence-electron chi connectivity index (χ1n) is 7.40. The molecule has 3 rings (SSSR count). The predicted octanol–water partition coefficient (Wildman–Crippen LogP) is 5.10. The largest absolute Gasteiger partial charge is 0.300 e.